The predicted octanol–water partition coefficient (Wildman–Crippen LogP) is 1.46. The van der Waals surface area contributed by atoms with Crippen LogP contribution >= 0.6 is 0 Å². The van der Waals surface area contributed by atoms with E-state index in [1.54, 1.807) is 0 Å². The van der Waals surface area contributed by atoms with Gasteiger partial charge in [0.05, 0.1) is 0 Å². The van der Waals surface area contributed by atoms with Gasteiger partial charge in [-0.3, -0.25) is 0 Å². The molecule has 2 N–H and O–H groups in total. The Hall–Kier alpha value is -0.0800. The molecule has 0 unspecified atom stereocenters. The van der Waals surface area contributed by atoms with Crippen LogP contribution in [0.5, 0.6) is 0 Å². The molecule has 2 heteroatoms. The molecule has 0 radical (unpaired) electrons. The van der Waals surface area contributed by atoms with Crippen LogP contribution in [-0.4, -0.2) is 31.1 Å². The van der Waals surface area contributed by atoms with Crippen LogP contribution in [0.15, 0.2) is 0 Å². The second-order valence-corrected chi connectivity index (χ2v) is 4.66. The molecule has 0 amide bonds. The standard InChI is InChI=1S/C11H22N2/c12-6-9-13-7-4-11(5-8-13)10-2-1-3-10/h10-11H,1-9,12H2. The SMILES string of the molecule is NCCN1CCC(C2CCC2)CC1. The first-order valence-electron chi connectivity index (χ1n) is 5.82. The van der Waals surface area contributed by atoms with Gasteiger partial charge in [0.15, 0.2) is 0 Å². The fraction of sp³-hybridized carbons (Fsp3) is 1.00. The molecule has 2 nitrogen and oxygen atoms in total. The smallest absolute Gasteiger partial charge is 0.0105 e. The van der Waals surface area contributed by atoms with Crippen LogP contribution in [0, 0.1) is 11.8 Å². The highest BCUT2D eigenvalue weighted by Gasteiger charge is 2.29. The van der Waals surface area contributed by atoms with Crippen molar-refractivity contribution in [3.63, 3.8) is 0 Å². The summed E-state index contributed by atoms with van der Waals surface area (Å²) >= 11 is 0. The fourth-order valence-electron chi connectivity index (χ4n) is 2.74. The molecule has 2 rings (SSSR count). The number of hydrogen-bond acceptors (Lipinski definition) is 2. The fourth-order valence-corrected chi connectivity index (χ4v) is 2.74. The van der Waals surface area contributed by atoms with Gasteiger partial charge in [0.25, 0.3) is 0 Å². The molecular formula is C11H22N2. The van der Waals surface area contributed by atoms with E-state index in [4.69, 9.17) is 5.73 Å². The van der Waals surface area contributed by atoms with E-state index >= 15 is 0 Å². The monoisotopic (exact) mass is 182 g/mol. The minimum atomic E-state index is 0.827. The maximum atomic E-state index is 5.55. The van der Waals surface area contributed by atoms with Crippen molar-refractivity contribution in [2.45, 2.75) is 32.1 Å². The molecule has 1 saturated heterocycles. The Morgan fingerprint density at radius 2 is 1.62 bits per heavy atom. The number of piperidine rings is 1. The number of likely N-dealkylation sites (tertiary alicyclic amines) is 1. The van der Waals surface area contributed by atoms with Crippen LogP contribution in [-0.2, 0) is 0 Å². The molecule has 0 aromatic carbocycles. The summed E-state index contributed by atoms with van der Waals surface area (Å²) in [6, 6.07) is 0. The third-order valence-corrected chi connectivity index (χ3v) is 3.89. The molecule has 13 heavy (non-hydrogen) atoms. The Balaban J connectivity index is 1.69. The Morgan fingerprint density at radius 3 is 2.08 bits per heavy atom. The molecule has 0 atom stereocenters. The van der Waals surface area contributed by atoms with Gasteiger partial charge in [-0.25, -0.2) is 0 Å². The topological polar surface area (TPSA) is 29.3 Å². The predicted molar refractivity (Wildman–Crippen MR) is 55.6 cm³/mol. The van der Waals surface area contributed by atoms with E-state index in [0.717, 1.165) is 24.9 Å². The number of hydrogen-bond donors (Lipinski definition) is 1. The maximum absolute atomic E-state index is 5.55. The minimum absolute atomic E-state index is 0.827. The summed E-state index contributed by atoms with van der Waals surface area (Å²) in [6.07, 6.45) is 7.39. The molecule has 1 heterocycles. The van der Waals surface area contributed by atoms with Crippen molar-refractivity contribution >= 4 is 0 Å². The lowest BCUT2D eigenvalue weighted by molar-refractivity contribution is 0.109. The summed E-state index contributed by atoms with van der Waals surface area (Å²) in [5.74, 6) is 2.16. The zero-order chi connectivity index (χ0) is 9.10. The van der Waals surface area contributed by atoms with Crippen molar-refractivity contribution in [1.82, 2.24) is 4.90 Å². The molecule has 0 aromatic heterocycles. The first kappa shape index (κ1) is 9.47. The van der Waals surface area contributed by atoms with Crippen molar-refractivity contribution < 1.29 is 0 Å². The summed E-state index contributed by atoms with van der Waals surface area (Å²) in [5, 5.41) is 0. The Morgan fingerprint density at radius 1 is 1.00 bits per heavy atom. The van der Waals surface area contributed by atoms with Gasteiger partial charge >= 0.3 is 0 Å². The number of nitrogens with two attached hydrogens (primary N) is 1. The molecule has 2 fully saturated rings. The van der Waals surface area contributed by atoms with Gasteiger partial charge in [0, 0.05) is 13.1 Å². The number of nitrogens with zero attached hydrogens (tertiary/aromatic N) is 1. The third kappa shape index (κ3) is 2.23. The normalized spacial score (nSPS) is 27.5. The van der Waals surface area contributed by atoms with Crippen molar-refractivity contribution in [1.29, 1.82) is 0 Å². The molecule has 76 valence electrons. The van der Waals surface area contributed by atoms with Crippen LogP contribution in [0.25, 0.3) is 0 Å². The summed E-state index contributed by atoms with van der Waals surface area (Å²) < 4.78 is 0. The molecule has 1 aliphatic carbocycles. The first-order chi connectivity index (χ1) is 6.40. The van der Waals surface area contributed by atoms with Gasteiger partial charge in [-0.1, -0.05) is 19.3 Å². The molecule has 0 spiro atoms. The van der Waals surface area contributed by atoms with E-state index in [2.05, 4.69) is 4.90 Å². The molecule has 0 bridgehead atoms. The van der Waals surface area contributed by atoms with Crippen LogP contribution < -0.4 is 5.73 Å². The van der Waals surface area contributed by atoms with Crippen LogP contribution in [0.1, 0.15) is 32.1 Å². The second kappa shape index (κ2) is 4.43. The van der Waals surface area contributed by atoms with Gasteiger partial charge < -0.3 is 10.6 Å². The van der Waals surface area contributed by atoms with Gasteiger partial charge in [0.1, 0.15) is 0 Å². The van der Waals surface area contributed by atoms with Crippen LogP contribution in [0.4, 0.5) is 0 Å². The van der Waals surface area contributed by atoms with Gasteiger partial charge in [-0.2, -0.15) is 0 Å². The summed E-state index contributed by atoms with van der Waals surface area (Å²) in [7, 11) is 0. The quantitative estimate of drug-likeness (QED) is 0.716. The lowest BCUT2D eigenvalue weighted by atomic mass is 9.72. The second-order valence-electron chi connectivity index (χ2n) is 4.66. The highest BCUT2D eigenvalue weighted by atomic mass is 15.1. The number of rotatable bonds is 3. The summed E-state index contributed by atoms with van der Waals surface area (Å²) in [6.45, 7) is 4.54. The van der Waals surface area contributed by atoms with Crippen LogP contribution in [0.3, 0.4) is 0 Å². The molecule has 0 aromatic rings. The van der Waals surface area contributed by atoms with Crippen LogP contribution in [0.2, 0.25) is 0 Å². The van der Waals surface area contributed by atoms with Crippen molar-refractivity contribution in [3.05, 3.63) is 0 Å². The molecule has 1 aliphatic heterocycles. The first-order valence-corrected chi connectivity index (χ1v) is 5.82. The third-order valence-electron chi connectivity index (χ3n) is 3.89. The van der Waals surface area contributed by atoms with E-state index in [-0.39, 0.29) is 0 Å². The van der Waals surface area contributed by atoms with Crippen molar-refractivity contribution in [3.8, 4) is 0 Å². The van der Waals surface area contributed by atoms with Gasteiger partial charge in [0.2, 0.25) is 0 Å². The molecule has 2 aliphatic rings. The Kier molecular flexibility index (Phi) is 3.23. The zero-order valence-electron chi connectivity index (χ0n) is 8.54. The average molecular weight is 182 g/mol. The van der Waals surface area contributed by atoms with Gasteiger partial charge in [-0.05, 0) is 37.8 Å². The zero-order valence-corrected chi connectivity index (χ0v) is 8.54. The largest absolute Gasteiger partial charge is 0.329 e. The van der Waals surface area contributed by atoms with Crippen molar-refractivity contribution in [2.75, 3.05) is 26.2 Å². The minimum Gasteiger partial charge on any atom is -0.329 e. The average Bonchev–Trinajstić information content (AvgIpc) is 2.06. The van der Waals surface area contributed by atoms with Gasteiger partial charge in [-0.15, -0.1) is 0 Å². The Labute approximate surface area is 81.5 Å². The van der Waals surface area contributed by atoms with E-state index in [9.17, 15) is 0 Å². The van der Waals surface area contributed by atoms with E-state index in [1.807, 2.05) is 0 Å². The maximum Gasteiger partial charge on any atom is 0.0105 e. The van der Waals surface area contributed by atoms with E-state index < -0.39 is 0 Å². The lowest BCUT2D eigenvalue weighted by Gasteiger charge is -2.39. The highest BCUT2D eigenvalue weighted by Crippen LogP contribution is 2.38. The van der Waals surface area contributed by atoms with E-state index in [0.29, 0.717) is 0 Å². The Bertz CT molecular complexity index is 146. The highest BCUT2D eigenvalue weighted by molar-refractivity contribution is 4.82. The lowest BCUT2D eigenvalue weighted by Crippen LogP contribution is -2.39. The molecule has 1 saturated carbocycles. The molecular weight excluding hydrogens is 160 g/mol. The van der Waals surface area contributed by atoms with Crippen molar-refractivity contribution in [2.24, 2.45) is 17.6 Å². The summed E-state index contributed by atoms with van der Waals surface area (Å²) in [5.41, 5.74) is 5.55. The summed E-state index contributed by atoms with van der Waals surface area (Å²) in [4.78, 5) is 2.52. The van der Waals surface area contributed by atoms with E-state index in [1.165, 1.54) is 45.2 Å².